The quantitative estimate of drug-likeness (QED) is 0.695. The van der Waals surface area contributed by atoms with Gasteiger partial charge in [0.2, 0.25) is 0 Å². The van der Waals surface area contributed by atoms with E-state index in [1.807, 2.05) is 24.3 Å². The van der Waals surface area contributed by atoms with Crippen molar-refractivity contribution in [1.29, 1.82) is 0 Å². The monoisotopic (exact) mass is 371 g/mol. The highest BCUT2D eigenvalue weighted by atomic mass is 16.6. The zero-order valence-corrected chi connectivity index (χ0v) is 15.2. The van der Waals surface area contributed by atoms with Crippen LogP contribution in [0.2, 0.25) is 0 Å². The number of hydrogen-bond donors (Lipinski definition) is 0. The molecule has 0 fully saturated rings. The predicted octanol–water partition coefficient (Wildman–Crippen LogP) is 2.18. The Kier molecular flexibility index (Phi) is 5.80. The van der Waals surface area contributed by atoms with Crippen LogP contribution in [-0.4, -0.2) is 57.1 Å². The fourth-order valence-corrected chi connectivity index (χ4v) is 2.69. The summed E-state index contributed by atoms with van der Waals surface area (Å²) in [7, 11) is 3.16. The minimum absolute atomic E-state index is 0.155. The van der Waals surface area contributed by atoms with Crippen molar-refractivity contribution in [2.45, 2.75) is 6.10 Å². The summed E-state index contributed by atoms with van der Waals surface area (Å²) < 4.78 is 22.3. The lowest BCUT2D eigenvalue weighted by Crippen LogP contribution is -2.43. The van der Waals surface area contributed by atoms with E-state index in [1.165, 1.54) is 12.0 Å². The Morgan fingerprint density at radius 3 is 2.74 bits per heavy atom. The Labute approximate surface area is 157 Å². The van der Waals surface area contributed by atoms with Crippen LogP contribution < -0.4 is 18.9 Å². The second kappa shape index (κ2) is 8.44. The van der Waals surface area contributed by atoms with Crippen LogP contribution in [0.15, 0.2) is 42.5 Å². The minimum Gasteiger partial charge on any atom is -0.493 e. The first-order valence-electron chi connectivity index (χ1n) is 8.49. The molecule has 0 saturated carbocycles. The molecule has 1 aliphatic heterocycles. The Morgan fingerprint density at radius 1 is 1.22 bits per heavy atom. The molecule has 7 nitrogen and oxygen atoms in total. The number of benzene rings is 2. The van der Waals surface area contributed by atoms with Crippen molar-refractivity contribution < 1.29 is 28.5 Å². The summed E-state index contributed by atoms with van der Waals surface area (Å²) in [5, 5.41) is 0. The van der Waals surface area contributed by atoms with Gasteiger partial charge in [0.05, 0.1) is 13.7 Å². The van der Waals surface area contributed by atoms with Gasteiger partial charge in [0.25, 0.3) is 5.91 Å². The van der Waals surface area contributed by atoms with Crippen LogP contribution in [0.3, 0.4) is 0 Å². The van der Waals surface area contributed by atoms with E-state index in [0.29, 0.717) is 41.7 Å². The maximum Gasteiger partial charge on any atom is 0.260 e. The van der Waals surface area contributed by atoms with Crippen LogP contribution >= 0.6 is 0 Å². The van der Waals surface area contributed by atoms with E-state index < -0.39 is 0 Å². The van der Waals surface area contributed by atoms with Gasteiger partial charge in [0.1, 0.15) is 12.9 Å². The van der Waals surface area contributed by atoms with E-state index in [-0.39, 0.29) is 18.6 Å². The lowest BCUT2D eigenvalue weighted by atomic mass is 10.2. The van der Waals surface area contributed by atoms with Gasteiger partial charge in [-0.05, 0) is 30.3 Å². The van der Waals surface area contributed by atoms with Gasteiger partial charge < -0.3 is 23.8 Å². The highest BCUT2D eigenvalue weighted by molar-refractivity contribution is 5.78. The second-order valence-corrected chi connectivity index (χ2v) is 6.09. The van der Waals surface area contributed by atoms with Crippen molar-refractivity contribution in [3.8, 4) is 23.0 Å². The largest absolute Gasteiger partial charge is 0.493 e. The van der Waals surface area contributed by atoms with Crippen molar-refractivity contribution >= 4 is 12.2 Å². The summed E-state index contributed by atoms with van der Waals surface area (Å²) in [6, 6.07) is 12.2. The van der Waals surface area contributed by atoms with E-state index >= 15 is 0 Å². The molecule has 0 aliphatic carbocycles. The SMILES string of the molecule is COc1cc(C=O)ccc1OCC(=O)N(C)CC1COc2ccccc2O1. The van der Waals surface area contributed by atoms with Gasteiger partial charge in [-0.2, -0.15) is 0 Å². The van der Waals surface area contributed by atoms with Gasteiger partial charge in [0.15, 0.2) is 35.7 Å². The Balaban J connectivity index is 1.53. The molecule has 0 saturated heterocycles. The second-order valence-electron chi connectivity index (χ2n) is 6.09. The van der Waals surface area contributed by atoms with Crippen LogP contribution in [-0.2, 0) is 4.79 Å². The standard InChI is InChI=1S/C20H21NO6/c1-21(10-15-12-25-16-5-3-4-6-18(16)27-15)20(23)13-26-17-8-7-14(11-22)9-19(17)24-2/h3-9,11,15H,10,12-13H2,1-2H3. The fourth-order valence-electron chi connectivity index (χ4n) is 2.69. The number of amides is 1. The van der Waals surface area contributed by atoms with Crippen molar-refractivity contribution in [2.75, 3.05) is 33.9 Å². The molecule has 1 atom stereocenters. The molecule has 0 bridgehead atoms. The molecule has 142 valence electrons. The molecule has 1 amide bonds. The average Bonchev–Trinajstić information content (AvgIpc) is 2.71. The Morgan fingerprint density at radius 2 is 2.00 bits per heavy atom. The highest BCUT2D eigenvalue weighted by Crippen LogP contribution is 2.31. The Hall–Kier alpha value is -3.22. The molecular formula is C20H21NO6. The summed E-state index contributed by atoms with van der Waals surface area (Å²) >= 11 is 0. The molecule has 1 aliphatic rings. The molecule has 1 heterocycles. The smallest absolute Gasteiger partial charge is 0.260 e. The molecular weight excluding hydrogens is 350 g/mol. The molecule has 0 spiro atoms. The number of hydrogen-bond acceptors (Lipinski definition) is 6. The zero-order chi connectivity index (χ0) is 19.2. The Bertz CT molecular complexity index is 822. The van der Waals surface area contributed by atoms with Crippen molar-refractivity contribution in [2.24, 2.45) is 0 Å². The first kappa shape index (κ1) is 18.6. The number of para-hydroxylation sites is 2. The van der Waals surface area contributed by atoms with Crippen molar-refractivity contribution in [1.82, 2.24) is 4.90 Å². The average molecular weight is 371 g/mol. The number of aldehydes is 1. The van der Waals surface area contributed by atoms with Crippen LogP contribution in [0.4, 0.5) is 0 Å². The third-order valence-corrected chi connectivity index (χ3v) is 4.15. The van der Waals surface area contributed by atoms with Gasteiger partial charge in [-0.25, -0.2) is 0 Å². The first-order valence-corrected chi connectivity index (χ1v) is 8.49. The summed E-state index contributed by atoms with van der Waals surface area (Å²) in [6.45, 7) is 0.589. The van der Waals surface area contributed by atoms with Crippen molar-refractivity contribution in [3.63, 3.8) is 0 Å². The number of methoxy groups -OCH3 is 1. The van der Waals surface area contributed by atoms with Crippen LogP contribution in [0.25, 0.3) is 0 Å². The van der Waals surface area contributed by atoms with E-state index in [4.69, 9.17) is 18.9 Å². The predicted molar refractivity (Wildman–Crippen MR) is 97.9 cm³/mol. The third-order valence-electron chi connectivity index (χ3n) is 4.15. The van der Waals surface area contributed by atoms with E-state index in [1.54, 1.807) is 25.2 Å². The number of rotatable bonds is 7. The van der Waals surface area contributed by atoms with Gasteiger partial charge in [-0.1, -0.05) is 12.1 Å². The number of carbonyl (C=O) groups excluding carboxylic acids is 2. The number of likely N-dealkylation sites (N-methyl/N-ethyl adjacent to an activating group) is 1. The molecule has 7 heteroatoms. The van der Waals surface area contributed by atoms with Gasteiger partial charge in [-0.15, -0.1) is 0 Å². The molecule has 0 radical (unpaired) electrons. The number of ether oxygens (including phenoxy) is 4. The molecule has 2 aromatic carbocycles. The van der Waals surface area contributed by atoms with E-state index in [9.17, 15) is 9.59 Å². The lowest BCUT2D eigenvalue weighted by molar-refractivity contribution is -0.133. The van der Waals surface area contributed by atoms with Crippen molar-refractivity contribution in [3.05, 3.63) is 48.0 Å². The molecule has 3 rings (SSSR count). The number of carbonyl (C=O) groups is 2. The summed E-state index contributed by atoms with van der Waals surface area (Å²) in [6.07, 6.45) is 0.463. The third kappa shape index (κ3) is 4.49. The molecule has 1 unspecified atom stereocenters. The maximum atomic E-state index is 12.4. The van der Waals surface area contributed by atoms with E-state index in [0.717, 1.165) is 6.29 Å². The highest BCUT2D eigenvalue weighted by Gasteiger charge is 2.24. The van der Waals surface area contributed by atoms with Crippen LogP contribution in [0, 0.1) is 0 Å². The van der Waals surface area contributed by atoms with Gasteiger partial charge in [0, 0.05) is 12.6 Å². The summed E-state index contributed by atoms with van der Waals surface area (Å²) in [5.74, 6) is 1.97. The van der Waals surface area contributed by atoms with E-state index in [2.05, 4.69) is 0 Å². The summed E-state index contributed by atoms with van der Waals surface area (Å²) in [4.78, 5) is 24.7. The van der Waals surface area contributed by atoms with Crippen LogP contribution in [0.1, 0.15) is 10.4 Å². The zero-order valence-electron chi connectivity index (χ0n) is 15.2. The summed E-state index contributed by atoms with van der Waals surface area (Å²) in [5.41, 5.74) is 0.470. The number of fused-ring (bicyclic) bond motifs is 1. The molecule has 27 heavy (non-hydrogen) atoms. The fraction of sp³-hybridized carbons (Fsp3) is 0.300. The minimum atomic E-state index is -0.254. The van der Waals surface area contributed by atoms with Gasteiger partial charge in [-0.3, -0.25) is 9.59 Å². The van der Waals surface area contributed by atoms with Crippen LogP contribution in [0.5, 0.6) is 23.0 Å². The molecule has 0 N–H and O–H groups in total. The first-order chi connectivity index (χ1) is 13.1. The molecule has 0 aromatic heterocycles. The topological polar surface area (TPSA) is 74.3 Å². The normalized spacial score (nSPS) is 15.0. The maximum absolute atomic E-state index is 12.4. The van der Waals surface area contributed by atoms with Gasteiger partial charge >= 0.3 is 0 Å². The number of nitrogens with zero attached hydrogens (tertiary/aromatic N) is 1. The molecule has 2 aromatic rings. The lowest BCUT2D eigenvalue weighted by Gasteiger charge is -2.29.